The molecule has 0 aliphatic carbocycles. The van der Waals surface area contributed by atoms with Crippen LogP contribution in [0.2, 0.25) is 0 Å². The highest BCUT2D eigenvalue weighted by Crippen LogP contribution is 2.14. The van der Waals surface area contributed by atoms with Gasteiger partial charge in [-0.2, -0.15) is 0 Å². The molecule has 2 aliphatic heterocycles. The first-order valence-corrected chi connectivity index (χ1v) is 6.66. The van der Waals surface area contributed by atoms with Gasteiger partial charge in [0, 0.05) is 45.9 Å². The summed E-state index contributed by atoms with van der Waals surface area (Å²) in [6, 6.07) is 0. The van der Waals surface area contributed by atoms with Crippen molar-refractivity contribution in [1.82, 2.24) is 15.5 Å². The van der Waals surface area contributed by atoms with E-state index in [0.717, 1.165) is 58.7 Å². The van der Waals surface area contributed by atoms with Gasteiger partial charge in [0.05, 0.1) is 12.5 Å². The molecule has 0 spiro atoms. The van der Waals surface area contributed by atoms with Crippen LogP contribution in [0.25, 0.3) is 0 Å². The summed E-state index contributed by atoms with van der Waals surface area (Å²) in [5.74, 6) is 0.132. The molecule has 0 radical (unpaired) electrons. The number of carbonyl (C=O) groups is 1. The van der Waals surface area contributed by atoms with Gasteiger partial charge in [-0.05, 0) is 12.8 Å². The SMILES string of the molecule is Cl.O=C(CC1CCCO1)NCCN1CCNCC1. The monoisotopic (exact) mass is 277 g/mol. The molecular weight excluding hydrogens is 254 g/mol. The second kappa shape index (κ2) is 8.69. The molecule has 0 saturated carbocycles. The van der Waals surface area contributed by atoms with Crippen molar-refractivity contribution in [1.29, 1.82) is 0 Å². The molecular formula is C12H24ClN3O2. The molecule has 2 heterocycles. The molecule has 0 aromatic heterocycles. The summed E-state index contributed by atoms with van der Waals surface area (Å²) in [4.78, 5) is 14.0. The minimum absolute atomic E-state index is 0. The minimum atomic E-state index is 0. The van der Waals surface area contributed by atoms with Gasteiger partial charge in [0.1, 0.15) is 0 Å². The lowest BCUT2D eigenvalue weighted by molar-refractivity contribution is -0.123. The fourth-order valence-corrected chi connectivity index (χ4v) is 2.37. The largest absolute Gasteiger partial charge is 0.378 e. The van der Waals surface area contributed by atoms with E-state index in [1.54, 1.807) is 0 Å². The fourth-order valence-electron chi connectivity index (χ4n) is 2.37. The van der Waals surface area contributed by atoms with Crippen LogP contribution < -0.4 is 10.6 Å². The Kier molecular flexibility index (Phi) is 7.58. The second-order valence-corrected chi connectivity index (χ2v) is 4.78. The molecule has 18 heavy (non-hydrogen) atoms. The van der Waals surface area contributed by atoms with Crippen LogP contribution in [0, 0.1) is 0 Å². The third-order valence-corrected chi connectivity index (χ3v) is 3.40. The molecule has 5 nitrogen and oxygen atoms in total. The first-order chi connectivity index (χ1) is 8.34. The molecule has 1 unspecified atom stereocenters. The lowest BCUT2D eigenvalue weighted by Crippen LogP contribution is -2.46. The number of rotatable bonds is 5. The zero-order valence-electron chi connectivity index (χ0n) is 10.8. The van der Waals surface area contributed by atoms with E-state index in [9.17, 15) is 4.79 Å². The number of nitrogens with zero attached hydrogens (tertiary/aromatic N) is 1. The zero-order valence-corrected chi connectivity index (χ0v) is 11.6. The van der Waals surface area contributed by atoms with Crippen LogP contribution in [-0.4, -0.2) is 62.8 Å². The number of nitrogens with one attached hydrogen (secondary N) is 2. The van der Waals surface area contributed by atoms with Gasteiger partial charge in [-0.3, -0.25) is 9.69 Å². The molecule has 6 heteroatoms. The van der Waals surface area contributed by atoms with Gasteiger partial charge in [-0.1, -0.05) is 0 Å². The number of amides is 1. The summed E-state index contributed by atoms with van der Waals surface area (Å²) >= 11 is 0. The summed E-state index contributed by atoms with van der Waals surface area (Å²) in [7, 11) is 0. The smallest absolute Gasteiger partial charge is 0.222 e. The summed E-state index contributed by atoms with van der Waals surface area (Å²) in [5.41, 5.74) is 0. The quantitative estimate of drug-likeness (QED) is 0.743. The van der Waals surface area contributed by atoms with Crippen molar-refractivity contribution in [3.05, 3.63) is 0 Å². The van der Waals surface area contributed by atoms with Crippen LogP contribution in [0.15, 0.2) is 0 Å². The van der Waals surface area contributed by atoms with E-state index in [2.05, 4.69) is 15.5 Å². The molecule has 0 aromatic carbocycles. The van der Waals surface area contributed by atoms with Crippen LogP contribution in [0.1, 0.15) is 19.3 Å². The van der Waals surface area contributed by atoms with Gasteiger partial charge in [0.25, 0.3) is 0 Å². The highest BCUT2D eigenvalue weighted by Gasteiger charge is 2.18. The Morgan fingerprint density at radius 1 is 1.39 bits per heavy atom. The van der Waals surface area contributed by atoms with E-state index in [0.29, 0.717) is 6.42 Å². The molecule has 2 fully saturated rings. The van der Waals surface area contributed by atoms with Gasteiger partial charge < -0.3 is 15.4 Å². The number of halogens is 1. The van der Waals surface area contributed by atoms with Crippen molar-refractivity contribution in [3.8, 4) is 0 Å². The second-order valence-electron chi connectivity index (χ2n) is 4.78. The highest BCUT2D eigenvalue weighted by atomic mass is 35.5. The highest BCUT2D eigenvalue weighted by molar-refractivity contribution is 5.85. The number of carbonyl (C=O) groups excluding carboxylic acids is 1. The van der Waals surface area contributed by atoms with Crippen molar-refractivity contribution < 1.29 is 9.53 Å². The molecule has 2 aliphatic rings. The van der Waals surface area contributed by atoms with Crippen molar-refractivity contribution >= 4 is 18.3 Å². The maximum absolute atomic E-state index is 11.6. The van der Waals surface area contributed by atoms with E-state index in [4.69, 9.17) is 4.74 Å². The van der Waals surface area contributed by atoms with Crippen LogP contribution >= 0.6 is 12.4 Å². The molecule has 0 bridgehead atoms. The predicted octanol–water partition coefficient (Wildman–Crippen LogP) is -0.00130. The Morgan fingerprint density at radius 3 is 2.83 bits per heavy atom. The zero-order chi connectivity index (χ0) is 11.9. The maximum atomic E-state index is 11.6. The first-order valence-electron chi connectivity index (χ1n) is 6.66. The van der Waals surface area contributed by atoms with Crippen molar-refractivity contribution in [3.63, 3.8) is 0 Å². The molecule has 1 amide bonds. The van der Waals surface area contributed by atoms with Gasteiger partial charge in [-0.25, -0.2) is 0 Å². The topological polar surface area (TPSA) is 53.6 Å². The first kappa shape index (κ1) is 15.7. The average Bonchev–Trinajstić information content (AvgIpc) is 2.83. The van der Waals surface area contributed by atoms with Crippen molar-refractivity contribution in [2.75, 3.05) is 45.9 Å². The van der Waals surface area contributed by atoms with Crippen LogP contribution in [0.5, 0.6) is 0 Å². The van der Waals surface area contributed by atoms with E-state index < -0.39 is 0 Å². The third-order valence-electron chi connectivity index (χ3n) is 3.40. The summed E-state index contributed by atoms with van der Waals surface area (Å²) in [6.45, 7) is 6.82. The molecule has 2 N–H and O–H groups in total. The maximum Gasteiger partial charge on any atom is 0.222 e. The van der Waals surface area contributed by atoms with E-state index >= 15 is 0 Å². The molecule has 2 saturated heterocycles. The van der Waals surface area contributed by atoms with Crippen LogP contribution in [0.4, 0.5) is 0 Å². The average molecular weight is 278 g/mol. The third kappa shape index (κ3) is 5.52. The standard InChI is InChI=1S/C12H23N3O2.ClH/c16-12(10-11-2-1-9-17-11)14-5-8-15-6-3-13-4-7-15;/h11,13H,1-10H2,(H,14,16);1H. The summed E-state index contributed by atoms with van der Waals surface area (Å²) < 4.78 is 5.44. The number of piperazine rings is 1. The lowest BCUT2D eigenvalue weighted by Gasteiger charge is -2.27. The van der Waals surface area contributed by atoms with Gasteiger partial charge in [0.15, 0.2) is 0 Å². The Hall–Kier alpha value is -0.360. The Morgan fingerprint density at radius 2 is 2.17 bits per heavy atom. The van der Waals surface area contributed by atoms with Gasteiger partial charge >= 0.3 is 0 Å². The number of ether oxygens (including phenoxy) is 1. The van der Waals surface area contributed by atoms with Crippen molar-refractivity contribution in [2.24, 2.45) is 0 Å². The van der Waals surface area contributed by atoms with Crippen molar-refractivity contribution in [2.45, 2.75) is 25.4 Å². The van der Waals surface area contributed by atoms with E-state index in [1.165, 1.54) is 0 Å². The summed E-state index contributed by atoms with van der Waals surface area (Å²) in [5, 5.41) is 6.29. The van der Waals surface area contributed by atoms with E-state index in [-0.39, 0.29) is 24.4 Å². The number of hydrogen-bond donors (Lipinski definition) is 2. The molecule has 2 rings (SSSR count). The fraction of sp³-hybridized carbons (Fsp3) is 0.917. The lowest BCUT2D eigenvalue weighted by atomic mass is 10.2. The van der Waals surface area contributed by atoms with Gasteiger partial charge in [-0.15, -0.1) is 12.4 Å². The van der Waals surface area contributed by atoms with Gasteiger partial charge in [0.2, 0.25) is 5.91 Å². The Balaban J connectivity index is 0.00000162. The molecule has 0 aromatic rings. The minimum Gasteiger partial charge on any atom is -0.378 e. The predicted molar refractivity (Wildman–Crippen MR) is 73.2 cm³/mol. The van der Waals surface area contributed by atoms with Crippen LogP contribution in [-0.2, 0) is 9.53 Å². The molecule has 1 atom stereocenters. The summed E-state index contributed by atoms with van der Waals surface area (Å²) in [6.07, 6.45) is 2.82. The van der Waals surface area contributed by atoms with E-state index in [1.807, 2.05) is 0 Å². The normalized spacial score (nSPS) is 24.6. The molecule has 106 valence electrons. The number of hydrogen-bond acceptors (Lipinski definition) is 4. The van der Waals surface area contributed by atoms with Crippen LogP contribution in [0.3, 0.4) is 0 Å². The Labute approximate surface area is 115 Å². The Bertz CT molecular complexity index is 241.